The number of nitrogens with one attached hydrogen (secondary N) is 1. The average molecular weight is 376 g/mol. The van der Waals surface area contributed by atoms with E-state index < -0.39 is 27.9 Å². The number of carbonyl (C=O) groups excluding carboxylic acids is 2. The third-order valence-electron chi connectivity index (χ3n) is 3.82. The molecule has 2 rings (SSSR count). The van der Waals surface area contributed by atoms with E-state index in [1.165, 1.54) is 26.3 Å². The SMILES string of the molecule is COC(=O)c1ccc(NC(=O)[C@H](c2ccccc2)N(C)S(C)(=O)=O)cc1. The monoisotopic (exact) mass is 376 g/mol. The quantitative estimate of drug-likeness (QED) is 0.779. The summed E-state index contributed by atoms with van der Waals surface area (Å²) < 4.78 is 29.5. The third-order valence-corrected chi connectivity index (χ3v) is 5.08. The molecular weight excluding hydrogens is 356 g/mol. The first-order chi connectivity index (χ1) is 12.2. The Morgan fingerprint density at radius 2 is 1.62 bits per heavy atom. The van der Waals surface area contributed by atoms with Crippen LogP contribution in [0.5, 0.6) is 0 Å². The largest absolute Gasteiger partial charge is 0.465 e. The fourth-order valence-electron chi connectivity index (χ4n) is 2.37. The lowest BCUT2D eigenvalue weighted by Gasteiger charge is -2.25. The number of hydrogen-bond acceptors (Lipinski definition) is 5. The maximum Gasteiger partial charge on any atom is 0.337 e. The minimum Gasteiger partial charge on any atom is -0.465 e. The van der Waals surface area contributed by atoms with Gasteiger partial charge in [0.2, 0.25) is 15.9 Å². The number of methoxy groups -OCH3 is 1. The van der Waals surface area contributed by atoms with Crippen LogP contribution >= 0.6 is 0 Å². The highest BCUT2D eigenvalue weighted by Crippen LogP contribution is 2.24. The van der Waals surface area contributed by atoms with Crippen LogP contribution in [0, 0.1) is 0 Å². The van der Waals surface area contributed by atoms with Gasteiger partial charge < -0.3 is 10.1 Å². The van der Waals surface area contributed by atoms with E-state index in [2.05, 4.69) is 10.1 Å². The molecule has 1 amide bonds. The van der Waals surface area contributed by atoms with Crippen LogP contribution in [0.2, 0.25) is 0 Å². The van der Waals surface area contributed by atoms with E-state index in [0.717, 1.165) is 10.6 Å². The summed E-state index contributed by atoms with van der Waals surface area (Å²) >= 11 is 0. The second-order valence-corrected chi connectivity index (χ2v) is 7.69. The van der Waals surface area contributed by atoms with E-state index in [4.69, 9.17) is 0 Å². The number of anilines is 1. The number of likely N-dealkylation sites (N-methyl/N-ethyl adjacent to an activating group) is 1. The molecule has 26 heavy (non-hydrogen) atoms. The molecule has 0 heterocycles. The minimum absolute atomic E-state index is 0.346. The zero-order chi connectivity index (χ0) is 19.3. The minimum atomic E-state index is -3.60. The van der Waals surface area contributed by atoms with Crippen LogP contribution in [0.25, 0.3) is 0 Å². The Kier molecular flexibility index (Phi) is 6.12. The smallest absolute Gasteiger partial charge is 0.337 e. The first-order valence-corrected chi connectivity index (χ1v) is 9.56. The molecule has 8 heteroatoms. The van der Waals surface area contributed by atoms with Gasteiger partial charge in [-0.05, 0) is 29.8 Å². The molecule has 0 aliphatic heterocycles. The number of nitrogens with zero attached hydrogens (tertiary/aromatic N) is 1. The topological polar surface area (TPSA) is 92.8 Å². The van der Waals surface area contributed by atoms with Crippen molar-refractivity contribution in [3.8, 4) is 0 Å². The maximum atomic E-state index is 12.8. The molecule has 0 unspecified atom stereocenters. The van der Waals surface area contributed by atoms with Crippen molar-refractivity contribution in [3.63, 3.8) is 0 Å². The molecule has 2 aromatic rings. The molecule has 0 aliphatic rings. The van der Waals surface area contributed by atoms with E-state index in [1.54, 1.807) is 42.5 Å². The van der Waals surface area contributed by atoms with Crippen LogP contribution in [0.15, 0.2) is 54.6 Å². The molecule has 1 N–H and O–H groups in total. The highest BCUT2D eigenvalue weighted by atomic mass is 32.2. The molecule has 0 saturated carbocycles. The van der Waals surface area contributed by atoms with E-state index in [1.807, 2.05) is 0 Å². The van der Waals surface area contributed by atoms with Gasteiger partial charge in [0.25, 0.3) is 0 Å². The number of amides is 1. The number of sulfonamides is 1. The first-order valence-electron chi connectivity index (χ1n) is 7.71. The van der Waals surface area contributed by atoms with E-state index in [9.17, 15) is 18.0 Å². The number of carbonyl (C=O) groups is 2. The van der Waals surface area contributed by atoms with Gasteiger partial charge in [-0.25, -0.2) is 13.2 Å². The Balaban J connectivity index is 2.28. The molecule has 0 spiro atoms. The predicted octanol–water partition coefficient (Wildman–Crippen LogP) is 2.04. The molecule has 0 aliphatic carbocycles. The van der Waals surface area contributed by atoms with Crippen molar-refractivity contribution in [3.05, 3.63) is 65.7 Å². The van der Waals surface area contributed by atoms with E-state index in [-0.39, 0.29) is 0 Å². The number of esters is 1. The van der Waals surface area contributed by atoms with Gasteiger partial charge in [-0.2, -0.15) is 4.31 Å². The van der Waals surface area contributed by atoms with Crippen molar-refractivity contribution in [2.45, 2.75) is 6.04 Å². The van der Waals surface area contributed by atoms with Gasteiger partial charge in [0.15, 0.2) is 0 Å². The highest BCUT2D eigenvalue weighted by molar-refractivity contribution is 7.88. The first kappa shape index (κ1) is 19.6. The molecule has 0 bridgehead atoms. The Bertz CT molecular complexity index is 880. The highest BCUT2D eigenvalue weighted by Gasteiger charge is 2.30. The standard InChI is InChI=1S/C18H20N2O5S/c1-20(26(3,23)24)16(13-7-5-4-6-8-13)17(21)19-15-11-9-14(10-12-15)18(22)25-2/h4-12,16H,1-3H3,(H,19,21)/t16-/m0/s1. The van der Waals surface area contributed by atoms with Crippen LogP contribution in [0.1, 0.15) is 22.0 Å². The van der Waals surface area contributed by atoms with Gasteiger partial charge in [-0.15, -0.1) is 0 Å². The van der Waals surface area contributed by atoms with Crippen LogP contribution in [-0.2, 0) is 19.6 Å². The Morgan fingerprint density at radius 1 is 1.04 bits per heavy atom. The number of ether oxygens (including phenoxy) is 1. The fourth-order valence-corrected chi connectivity index (χ4v) is 2.97. The summed E-state index contributed by atoms with van der Waals surface area (Å²) in [6, 6.07) is 13.7. The second kappa shape index (κ2) is 8.11. The molecule has 7 nitrogen and oxygen atoms in total. The third kappa shape index (κ3) is 4.68. The van der Waals surface area contributed by atoms with Crippen LogP contribution in [0.3, 0.4) is 0 Å². The predicted molar refractivity (Wildman–Crippen MR) is 98.2 cm³/mol. The lowest BCUT2D eigenvalue weighted by molar-refractivity contribution is -0.119. The lowest BCUT2D eigenvalue weighted by Crippen LogP contribution is -2.38. The van der Waals surface area contributed by atoms with Gasteiger partial charge in [0, 0.05) is 12.7 Å². The summed E-state index contributed by atoms with van der Waals surface area (Å²) in [7, 11) is -0.962. The number of rotatable bonds is 6. The molecule has 2 aromatic carbocycles. The molecule has 1 atom stereocenters. The lowest BCUT2D eigenvalue weighted by atomic mass is 10.1. The van der Waals surface area contributed by atoms with Gasteiger partial charge in [0.1, 0.15) is 6.04 Å². The molecule has 138 valence electrons. The summed E-state index contributed by atoms with van der Waals surface area (Å²) in [5.74, 6) is -0.989. The van der Waals surface area contributed by atoms with E-state index >= 15 is 0 Å². The molecule has 0 radical (unpaired) electrons. The van der Waals surface area contributed by atoms with Gasteiger partial charge in [0.05, 0.1) is 18.9 Å². The summed E-state index contributed by atoms with van der Waals surface area (Å²) in [6.45, 7) is 0. The van der Waals surface area contributed by atoms with Crippen LogP contribution < -0.4 is 5.32 Å². The Hall–Kier alpha value is -2.71. The fraction of sp³-hybridized carbons (Fsp3) is 0.222. The van der Waals surface area contributed by atoms with Crippen molar-refractivity contribution in [2.24, 2.45) is 0 Å². The van der Waals surface area contributed by atoms with Crippen LogP contribution in [0.4, 0.5) is 5.69 Å². The summed E-state index contributed by atoms with van der Waals surface area (Å²) in [6.07, 6.45) is 1.04. The van der Waals surface area contributed by atoms with Gasteiger partial charge >= 0.3 is 5.97 Å². The van der Waals surface area contributed by atoms with Gasteiger partial charge in [-0.3, -0.25) is 4.79 Å². The zero-order valence-electron chi connectivity index (χ0n) is 14.7. The van der Waals surface area contributed by atoms with Crippen molar-refractivity contribution in [1.29, 1.82) is 0 Å². The normalized spacial score (nSPS) is 12.5. The second-order valence-electron chi connectivity index (χ2n) is 5.65. The molecule has 0 fully saturated rings. The van der Waals surface area contributed by atoms with Crippen molar-refractivity contribution in [2.75, 3.05) is 25.7 Å². The number of benzene rings is 2. The van der Waals surface area contributed by atoms with Crippen LogP contribution in [-0.4, -0.2) is 45.0 Å². The van der Waals surface area contributed by atoms with Crippen molar-refractivity contribution >= 4 is 27.6 Å². The molecule has 0 saturated heterocycles. The summed E-state index contributed by atoms with van der Waals surface area (Å²) in [5.41, 5.74) is 1.33. The summed E-state index contributed by atoms with van der Waals surface area (Å²) in [5, 5.41) is 2.68. The molecule has 0 aromatic heterocycles. The molecular formula is C18H20N2O5S. The Morgan fingerprint density at radius 3 is 2.12 bits per heavy atom. The number of hydrogen-bond donors (Lipinski definition) is 1. The van der Waals surface area contributed by atoms with E-state index in [0.29, 0.717) is 16.8 Å². The zero-order valence-corrected chi connectivity index (χ0v) is 15.5. The average Bonchev–Trinajstić information content (AvgIpc) is 2.62. The summed E-state index contributed by atoms with van der Waals surface area (Å²) in [4.78, 5) is 24.2. The van der Waals surface area contributed by atoms with Crippen molar-refractivity contribution < 1.29 is 22.7 Å². The van der Waals surface area contributed by atoms with Crippen molar-refractivity contribution in [1.82, 2.24) is 4.31 Å². The van der Waals surface area contributed by atoms with Gasteiger partial charge in [-0.1, -0.05) is 30.3 Å². The maximum absolute atomic E-state index is 12.8. The Labute approximate surface area is 152 Å².